The first-order chi connectivity index (χ1) is 21.1. The van der Waals surface area contributed by atoms with Gasteiger partial charge in [0.1, 0.15) is 17.3 Å². The van der Waals surface area contributed by atoms with Gasteiger partial charge in [0.2, 0.25) is 5.91 Å². The normalized spacial score (nSPS) is 10.8. The van der Waals surface area contributed by atoms with Crippen molar-refractivity contribution in [1.82, 2.24) is 19.7 Å². The molecule has 0 atom stereocenters. The number of nitrogens with zero attached hydrogens (tertiary/aromatic N) is 4. The molecule has 220 valence electrons. The number of benzene rings is 4. The lowest BCUT2D eigenvalue weighted by molar-refractivity contribution is -0.128. The van der Waals surface area contributed by atoms with Gasteiger partial charge in [-0.05, 0) is 66.6 Å². The first-order valence-electron chi connectivity index (χ1n) is 14.0. The van der Waals surface area contributed by atoms with Gasteiger partial charge in [0.25, 0.3) is 0 Å². The van der Waals surface area contributed by atoms with Crippen LogP contribution in [0, 0.1) is 0 Å². The molecule has 5 rings (SSSR count). The Labute approximate surface area is 256 Å². The molecule has 0 saturated heterocycles. The lowest BCUT2D eigenvalue weighted by atomic mass is 10.1. The van der Waals surface area contributed by atoms with Gasteiger partial charge in [0.05, 0.1) is 20.0 Å². The molecule has 1 amide bonds. The second kappa shape index (κ2) is 14.4. The fraction of sp³-hybridized carbons (Fsp3) is 0.206. The molecule has 0 N–H and O–H groups in total. The Morgan fingerprint density at radius 3 is 2.14 bits per heavy atom. The molecule has 5 aromatic rings. The Balaban J connectivity index is 1.40. The first-order valence-corrected chi connectivity index (χ1v) is 15.0. The van der Waals surface area contributed by atoms with Crippen LogP contribution in [0.3, 0.4) is 0 Å². The van der Waals surface area contributed by atoms with Crippen LogP contribution in [0.4, 0.5) is 0 Å². The van der Waals surface area contributed by atoms with Gasteiger partial charge in [-0.3, -0.25) is 9.36 Å². The van der Waals surface area contributed by atoms with Gasteiger partial charge < -0.3 is 19.1 Å². The summed E-state index contributed by atoms with van der Waals surface area (Å²) < 4.78 is 18.9. The summed E-state index contributed by atoms with van der Waals surface area (Å²) in [6, 6.07) is 33.2. The second-order valence-electron chi connectivity index (χ2n) is 9.69. The standard InChI is InChI=1S/C34H34N4O4S/c1-4-37(23-25-11-7-5-8-12-25)33(39)24-43-34-36-35-32(22-26-15-20-30(40-2)31(21-26)41-3)38(34)27-16-18-29(19-17-27)42-28-13-9-6-10-14-28/h5-21H,4,22-24H2,1-3H3. The van der Waals surface area contributed by atoms with Crippen molar-refractivity contribution in [2.24, 2.45) is 0 Å². The van der Waals surface area contributed by atoms with Crippen molar-refractivity contribution in [2.75, 3.05) is 26.5 Å². The van der Waals surface area contributed by atoms with Crippen molar-refractivity contribution in [3.05, 3.63) is 120 Å². The summed E-state index contributed by atoms with van der Waals surface area (Å²) in [5.41, 5.74) is 2.95. The molecule has 0 unspecified atom stereocenters. The average Bonchev–Trinajstić information content (AvgIpc) is 3.45. The fourth-order valence-electron chi connectivity index (χ4n) is 4.63. The van der Waals surface area contributed by atoms with E-state index in [1.807, 2.05) is 120 Å². The van der Waals surface area contributed by atoms with E-state index in [0.717, 1.165) is 28.4 Å². The number of hydrogen-bond donors (Lipinski definition) is 0. The SMILES string of the molecule is CCN(Cc1ccccc1)C(=O)CSc1nnc(Cc2ccc(OC)c(OC)c2)n1-c1ccc(Oc2ccccc2)cc1. The number of methoxy groups -OCH3 is 2. The van der Waals surface area contributed by atoms with Gasteiger partial charge >= 0.3 is 0 Å². The molecule has 0 spiro atoms. The van der Waals surface area contributed by atoms with Crippen LogP contribution >= 0.6 is 11.8 Å². The molecule has 4 aromatic carbocycles. The molecule has 0 saturated carbocycles. The number of para-hydroxylation sites is 1. The molecule has 0 radical (unpaired) electrons. The largest absolute Gasteiger partial charge is 0.493 e. The van der Waals surface area contributed by atoms with Crippen LogP contribution in [0.2, 0.25) is 0 Å². The Morgan fingerprint density at radius 2 is 1.47 bits per heavy atom. The molecular weight excluding hydrogens is 560 g/mol. The summed E-state index contributed by atoms with van der Waals surface area (Å²) in [5, 5.41) is 9.70. The molecule has 1 heterocycles. The number of hydrogen-bond acceptors (Lipinski definition) is 7. The van der Waals surface area contributed by atoms with Gasteiger partial charge in [-0.1, -0.05) is 66.4 Å². The number of thioether (sulfide) groups is 1. The van der Waals surface area contributed by atoms with Crippen LogP contribution in [-0.2, 0) is 17.8 Å². The van der Waals surface area contributed by atoms with Crippen molar-refractivity contribution in [3.8, 4) is 28.7 Å². The maximum atomic E-state index is 13.3. The van der Waals surface area contributed by atoms with Gasteiger partial charge in [0, 0.05) is 25.2 Å². The van der Waals surface area contributed by atoms with Crippen molar-refractivity contribution in [2.45, 2.75) is 25.0 Å². The molecule has 0 aliphatic carbocycles. The Morgan fingerprint density at radius 1 is 0.791 bits per heavy atom. The fourth-order valence-corrected chi connectivity index (χ4v) is 5.50. The van der Waals surface area contributed by atoms with Crippen LogP contribution < -0.4 is 14.2 Å². The van der Waals surface area contributed by atoms with Gasteiger partial charge in [-0.15, -0.1) is 10.2 Å². The average molecular weight is 595 g/mol. The van der Waals surface area contributed by atoms with Crippen molar-refractivity contribution >= 4 is 17.7 Å². The van der Waals surface area contributed by atoms with Crippen LogP contribution in [0.1, 0.15) is 23.9 Å². The number of carbonyl (C=O) groups is 1. The van der Waals surface area contributed by atoms with E-state index in [9.17, 15) is 4.79 Å². The molecular formula is C34H34N4O4S. The molecule has 0 fully saturated rings. The lowest BCUT2D eigenvalue weighted by Crippen LogP contribution is -2.31. The highest BCUT2D eigenvalue weighted by Crippen LogP contribution is 2.30. The second-order valence-corrected chi connectivity index (χ2v) is 10.6. The molecule has 0 aliphatic heterocycles. The zero-order valence-corrected chi connectivity index (χ0v) is 25.3. The third kappa shape index (κ3) is 7.55. The summed E-state index contributed by atoms with van der Waals surface area (Å²) >= 11 is 1.38. The van der Waals surface area contributed by atoms with Crippen LogP contribution in [-0.4, -0.2) is 52.1 Å². The molecule has 8 nitrogen and oxygen atoms in total. The Kier molecular flexibility index (Phi) is 9.97. The van der Waals surface area contributed by atoms with E-state index in [0.29, 0.717) is 41.9 Å². The summed E-state index contributed by atoms with van der Waals surface area (Å²) in [6.07, 6.45) is 0.499. The van der Waals surface area contributed by atoms with E-state index in [2.05, 4.69) is 10.2 Å². The van der Waals surface area contributed by atoms with Crippen LogP contribution in [0.5, 0.6) is 23.0 Å². The van der Waals surface area contributed by atoms with Crippen molar-refractivity contribution in [3.63, 3.8) is 0 Å². The number of amides is 1. The number of rotatable bonds is 13. The van der Waals surface area contributed by atoms with Crippen LogP contribution in [0.15, 0.2) is 108 Å². The minimum absolute atomic E-state index is 0.0407. The Bertz CT molecular complexity index is 1630. The highest BCUT2D eigenvalue weighted by Gasteiger charge is 2.19. The highest BCUT2D eigenvalue weighted by molar-refractivity contribution is 7.99. The van der Waals surface area contributed by atoms with Gasteiger partial charge in [0.15, 0.2) is 16.7 Å². The first kappa shape index (κ1) is 29.7. The predicted octanol–water partition coefficient (Wildman–Crippen LogP) is 6.81. The minimum atomic E-state index is 0.0407. The minimum Gasteiger partial charge on any atom is -0.493 e. The van der Waals surface area contributed by atoms with E-state index in [1.54, 1.807) is 14.2 Å². The quantitative estimate of drug-likeness (QED) is 0.139. The zero-order valence-electron chi connectivity index (χ0n) is 24.5. The predicted molar refractivity (Wildman–Crippen MR) is 168 cm³/mol. The monoisotopic (exact) mass is 594 g/mol. The Hall–Kier alpha value is -4.76. The summed E-state index contributed by atoms with van der Waals surface area (Å²) in [4.78, 5) is 15.1. The number of aromatic nitrogens is 3. The molecule has 9 heteroatoms. The molecule has 43 heavy (non-hydrogen) atoms. The topological polar surface area (TPSA) is 78.7 Å². The van der Waals surface area contributed by atoms with E-state index in [4.69, 9.17) is 14.2 Å². The van der Waals surface area contributed by atoms with Gasteiger partial charge in [-0.25, -0.2) is 0 Å². The van der Waals surface area contributed by atoms with E-state index in [1.165, 1.54) is 11.8 Å². The van der Waals surface area contributed by atoms with E-state index >= 15 is 0 Å². The third-order valence-corrected chi connectivity index (χ3v) is 7.77. The smallest absolute Gasteiger partial charge is 0.233 e. The van der Waals surface area contributed by atoms with Gasteiger partial charge in [-0.2, -0.15) is 0 Å². The number of carbonyl (C=O) groups excluding carboxylic acids is 1. The third-order valence-electron chi connectivity index (χ3n) is 6.86. The molecule has 0 aliphatic rings. The van der Waals surface area contributed by atoms with Crippen LogP contribution in [0.25, 0.3) is 5.69 Å². The maximum Gasteiger partial charge on any atom is 0.233 e. The molecule has 0 bridgehead atoms. The zero-order chi connectivity index (χ0) is 30.0. The maximum absolute atomic E-state index is 13.3. The summed E-state index contributed by atoms with van der Waals surface area (Å²) in [6.45, 7) is 3.18. The van der Waals surface area contributed by atoms with Crippen molar-refractivity contribution < 1.29 is 19.0 Å². The highest BCUT2D eigenvalue weighted by atomic mass is 32.2. The lowest BCUT2D eigenvalue weighted by Gasteiger charge is -2.21. The van der Waals surface area contributed by atoms with Crippen molar-refractivity contribution in [1.29, 1.82) is 0 Å². The van der Waals surface area contributed by atoms with E-state index < -0.39 is 0 Å². The molecule has 1 aromatic heterocycles. The summed E-state index contributed by atoms with van der Waals surface area (Å²) in [7, 11) is 3.23. The number of ether oxygens (including phenoxy) is 3. The summed E-state index contributed by atoms with van der Waals surface area (Å²) in [5.74, 6) is 3.80. The van der Waals surface area contributed by atoms with E-state index in [-0.39, 0.29) is 11.7 Å².